The molecule has 0 spiro atoms. The van der Waals surface area contributed by atoms with Crippen molar-refractivity contribution in [3.05, 3.63) is 45.9 Å². The minimum Gasteiger partial charge on any atom is -0.370 e. The number of alkyl halides is 3. The highest BCUT2D eigenvalue weighted by Crippen LogP contribution is 2.31. The number of pyridine rings is 1. The molecule has 2 aromatic rings. The van der Waals surface area contributed by atoms with Crippen LogP contribution in [0.5, 0.6) is 0 Å². The summed E-state index contributed by atoms with van der Waals surface area (Å²) in [4.78, 5) is 21.6. The SMILES string of the molecule is O=C(CC1CCN(c2ccc(C(F)(F)F)nc2)CC1)N1CCc2sccc2C1. The third-order valence-electron chi connectivity index (χ3n) is 5.64. The summed E-state index contributed by atoms with van der Waals surface area (Å²) in [5, 5.41) is 2.09. The van der Waals surface area contributed by atoms with Crippen molar-refractivity contribution in [1.29, 1.82) is 0 Å². The number of piperidine rings is 1. The third-order valence-corrected chi connectivity index (χ3v) is 6.66. The molecule has 0 bridgehead atoms. The van der Waals surface area contributed by atoms with Gasteiger partial charge in [0.2, 0.25) is 5.91 Å². The number of hydrogen-bond acceptors (Lipinski definition) is 4. The van der Waals surface area contributed by atoms with Gasteiger partial charge in [0.15, 0.2) is 0 Å². The first-order valence-corrected chi connectivity index (χ1v) is 10.4. The van der Waals surface area contributed by atoms with Crippen molar-refractivity contribution in [2.45, 2.75) is 38.4 Å². The van der Waals surface area contributed by atoms with Crippen LogP contribution in [-0.2, 0) is 23.9 Å². The number of fused-ring (bicyclic) bond motifs is 1. The number of halogens is 3. The summed E-state index contributed by atoms with van der Waals surface area (Å²) in [5.41, 5.74) is 1.11. The molecule has 2 aliphatic rings. The van der Waals surface area contributed by atoms with Crippen LogP contribution in [0.1, 0.15) is 35.4 Å². The van der Waals surface area contributed by atoms with Gasteiger partial charge in [0.25, 0.3) is 0 Å². The molecule has 0 radical (unpaired) electrons. The van der Waals surface area contributed by atoms with Crippen molar-refractivity contribution in [2.75, 3.05) is 24.5 Å². The summed E-state index contributed by atoms with van der Waals surface area (Å²) in [5.74, 6) is 0.543. The van der Waals surface area contributed by atoms with Gasteiger partial charge in [-0.2, -0.15) is 13.2 Å². The normalized spacial score (nSPS) is 18.2. The highest BCUT2D eigenvalue weighted by Gasteiger charge is 2.32. The van der Waals surface area contributed by atoms with E-state index in [1.165, 1.54) is 22.7 Å². The summed E-state index contributed by atoms with van der Waals surface area (Å²) in [6.07, 6.45) is 0.107. The number of carbonyl (C=O) groups is 1. The highest BCUT2D eigenvalue weighted by atomic mass is 32.1. The monoisotopic (exact) mass is 409 g/mol. The van der Waals surface area contributed by atoms with Crippen LogP contribution in [0, 0.1) is 5.92 Å². The fourth-order valence-corrected chi connectivity index (χ4v) is 4.86. The maximum absolute atomic E-state index is 12.7. The van der Waals surface area contributed by atoms with E-state index in [9.17, 15) is 18.0 Å². The Hall–Kier alpha value is -2.09. The number of hydrogen-bond donors (Lipinski definition) is 0. The Balaban J connectivity index is 1.28. The third kappa shape index (κ3) is 4.16. The highest BCUT2D eigenvalue weighted by molar-refractivity contribution is 7.10. The van der Waals surface area contributed by atoms with Crippen LogP contribution in [-0.4, -0.2) is 35.4 Å². The lowest BCUT2D eigenvalue weighted by Crippen LogP contribution is -2.39. The average Bonchev–Trinajstić information content (AvgIpc) is 3.16. The molecule has 28 heavy (non-hydrogen) atoms. The predicted octanol–water partition coefficient (Wildman–Crippen LogP) is 4.35. The molecule has 0 N–H and O–H groups in total. The first kappa shape index (κ1) is 19.2. The molecule has 4 rings (SSSR count). The fourth-order valence-electron chi connectivity index (χ4n) is 3.97. The summed E-state index contributed by atoms with van der Waals surface area (Å²) in [6, 6.07) is 4.61. The zero-order chi connectivity index (χ0) is 19.7. The van der Waals surface area contributed by atoms with E-state index in [0.29, 0.717) is 24.6 Å². The quantitative estimate of drug-likeness (QED) is 0.756. The van der Waals surface area contributed by atoms with Crippen molar-refractivity contribution in [3.63, 3.8) is 0 Å². The molecule has 150 valence electrons. The number of carbonyl (C=O) groups excluding carboxylic acids is 1. The van der Waals surface area contributed by atoms with E-state index >= 15 is 0 Å². The average molecular weight is 409 g/mol. The van der Waals surface area contributed by atoms with Crippen LogP contribution in [0.15, 0.2) is 29.8 Å². The molecule has 0 unspecified atom stereocenters. The Kier molecular flexibility index (Phi) is 5.31. The van der Waals surface area contributed by atoms with Crippen molar-refractivity contribution >= 4 is 22.9 Å². The molecule has 8 heteroatoms. The first-order valence-electron chi connectivity index (χ1n) is 9.51. The van der Waals surface area contributed by atoms with Gasteiger partial charge in [-0.1, -0.05) is 0 Å². The lowest BCUT2D eigenvalue weighted by molar-refractivity contribution is -0.141. The van der Waals surface area contributed by atoms with Crippen LogP contribution in [0.2, 0.25) is 0 Å². The molecule has 0 aliphatic carbocycles. The second kappa shape index (κ2) is 7.73. The molecule has 2 aliphatic heterocycles. The number of aromatic nitrogens is 1. The molecule has 1 fully saturated rings. The van der Waals surface area contributed by atoms with E-state index in [1.54, 1.807) is 11.3 Å². The van der Waals surface area contributed by atoms with E-state index < -0.39 is 11.9 Å². The first-order chi connectivity index (χ1) is 13.4. The summed E-state index contributed by atoms with van der Waals surface area (Å²) >= 11 is 1.76. The maximum atomic E-state index is 12.7. The number of anilines is 1. The molecule has 0 aromatic carbocycles. The maximum Gasteiger partial charge on any atom is 0.433 e. The van der Waals surface area contributed by atoms with Crippen LogP contribution in [0.25, 0.3) is 0 Å². The Labute approximate surface area is 166 Å². The second-order valence-corrected chi connectivity index (χ2v) is 8.47. The molecule has 4 heterocycles. The second-order valence-electron chi connectivity index (χ2n) is 7.47. The molecule has 1 amide bonds. The van der Waals surface area contributed by atoms with Crippen molar-refractivity contribution in [3.8, 4) is 0 Å². The minimum atomic E-state index is -4.41. The predicted molar refractivity (Wildman–Crippen MR) is 102 cm³/mol. The van der Waals surface area contributed by atoms with Gasteiger partial charge in [0.05, 0.1) is 11.9 Å². The van der Waals surface area contributed by atoms with Crippen LogP contribution in [0.4, 0.5) is 18.9 Å². The van der Waals surface area contributed by atoms with Crippen LogP contribution < -0.4 is 4.90 Å². The number of amides is 1. The molecular formula is C20H22F3N3OS. The molecule has 0 atom stereocenters. The Morgan fingerprint density at radius 2 is 1.96 bits per heavy atom. The number of rotatable bonds is 3. The molecule has 2 aromatic heterocycles. The van der Waals surface area contributed by atoms with E-state index in [-0.39, 0.29) is 5.91 Å². The van der Waals surface area contributed by atoms with E-state index in [4.69, 9.17) is 0 Å². The zero-order valence-electron chi connectivity index (χ0n) is 15.4. The topological polar surface area (TPSA) is 36.4 Å². The summed E-state index contributed by atoms with van der Waals surface area (Å²) in [7, 11) is 0. The van der Waals surface area contributed by atoms with Gasteiger partial charge in [-0.05, 0) is 54.3 Å². The van der Waals surface area contributed by atoms with Gasteiger partial charge >= 0.3 is 6.18 Å². The lowest BCUT2D eigenvalue weighted by Gasteiger charge is -2.34. The van der Waals surface area contributed by atoms with Gasteiger partial charge in [-0.3, -0.25) is 4.79 Å². The van der Waals surface area contributed by atoms with E-state index in [0.717, 1.165) is 45.0 Å². The van der Waals surface area contributed by atoms with E-state index in [2.05, 4.69) is 16.4 Å². The van der Waals surface area contributed by atoms with Crippen molar-refractivity contribution in [2.24, 2.45) is 5.92 Å². The standard InChI is InChI=1S/C20H22F3N3OS/c21-20(22,23)18-2-1-16(12-24-18)25-7-3-14(4-8-25)11-19(27)26-9-5-17-15(13-26)6-10-28-17/h1-2,6,10,12,14H,3-5,7-9,11,13H2. The Morgan fingerprint density at radius 1 is 1.18 bits per heavy atom. The van der Waals surface area contributed by atoms with Crippen molar-refractivity contribution < 1.29 is 18.0 Å². The largest absolute Gasteiger partial charge is 0.433 e. The van der Waals surface area contributed by atoms with Gasteiger partial charge < -0.3 is 9.80 Å². The molecular weight excluding hydrogens is 387 g/mol. The summed E-state index contributed by atoms with van der Waals surface area (Å²) < 4.78 is 37.9. The van der Waals surface area contributed by atoms with E-state index in [1.807, 2.05) is 9.80 Å². The minimum absolute atomic E-state index is 0.214. The fraction of sp³-hybridized carbons (Fsp3) is 0.500. The van der Waals surface area contributed by atoms with Gasteiger partial charge in [0.1, 0.15) is 5.69 Å². The molecule has 4 nitrogen and oxygen atoms in total. The Bertz CT molecular complexity index is 826. The van der Waals surface area contributed by atoms with Crippen LogP contribution >= 0.6 is 11.3 Å². The number of thiophene rings is 1. The number of nitrogens with zero attached hydrogens (tertiary/aromatic N) is 3. The van der Waals surface area contributed by atoms with Gasteiger partial charge in [-0.25, -0.2) is 4.98 Å². The summed E-state index contributed by atoms with van der Waals surface area (Å²) in [6.45, 7) is 2.98. The molecule has 0 saturated carbocycles. The Morgan fingerprint density at radius 3 is 2.64 bits per heavy atom. The zero-order valence-corrected chi connectivity index (χ0v) is 16.2. The molecule has 1 saturated heterocycles. The smallest absolute Gasteiger partial charge is 0.370 e. The van der Waals surface area contributed by atoms with Gasteiger partial charge in [-0.15, -0.1) is 11.3 Å². The lowest BCUT2D eigenvalue weighted by atomic mass is 9.92. The van der Waals surface area contributed by atoms with Crippen molar-refractivity contribution in [1.82, 2.24) is 9.88 Å². The van der Waals surface area contributed by atoms with Gasteiger partial charge in [0, 0.05) is 37.5 Å². The van der Waals surface area contributed by atoms with Crippen LogP contribution in [0.3, 0.4) is 0 Å².